The topological polar surface area (TPSA) is 85.9 Å². The molecule has 2 heterocycles. The molecule has 0 saturated carbocycles. The van der Waals surface area contributed by atoms with Gasteiger partial charge in [-0.05, 0) is 24.3 Å². The highest BCUT2D eigenvalue weighted by Crippen LogP contribution is 2.34. The lowest BCUT2D eigenvalue weighted by atomic mass is 10.0. The SMILES string of the molecule is CO[C@]1(CNC(=O)C(=O)Nc2ccc3c(c2)OCO3)CCSC1. The van der Waals surface area contributed by atoms with Crippen molar-refractivity contribution >= 4 is 29.3 Å². The van der Waals surface area contributed by atoms with Crippen LogP contribution < -0.4 is 20.1 Å². The zero-order chi connectivity index (χ0) is 16.3. The van der Waals surface area contributed by atoms with E-state index < -0.39 is 11.8 Å². The minimum Gasteiger partial charge on any atom is -0.454 e. The number of methoxy groups -OCH3 is 1. The number of carbonyl (C=O) groups excluding carboxylic acids is 2. The molecule has 1 saturated heterocycles. The Morgan fingerprint density at radius 1 is 1.30 bits per heavy atom. The average Bonchev–Trinajstić information content (AvgIpc) is 3.21. The quantitative estimate of drug-likeness (QED) is 0.797. The first-order valence-electron chi connectivity index (χ1n) is 7.24. The molecule has 1 aromatic rings. The van der Waals surface area contributed by atoms with Crippen molar-refractivity contribution in [3.63, 3.8) is 0 Å². The second-order valence-electron chi connectivity index (χ2n) is 5.39. The van der Waals surface area contributed by atoms with Gasteiger partial charge in [-0.15, -0.1) is 0 Å². The lowest BCUT2D eigenvalue weighted by Crippen LogP contribution is -2.47. The molecule has 0 spiro atoms. The fourth-order valence-electron chi connectivity index (χ4n) is 2.44. The van der Waals surface area contributed by atoms with Crippen LogP contribution in [0.25, 0.3) is 0 Å². The number of rotatable bonds is 4. The summed E-state index contributed by atoms with van der Waals surface area (Å²) in [5.74, 6) is 1.57. The maximum Gasteiger partial charge on any atom is 0.313 e. The molecule has 8 heteroatoms. The molecular weight excluding hydrogens is 320 g/mol. The Balaban J connectivity index is 1.54. The Morgan fingerprint density at radius 3 is 2.87 bits per heavy atom. The van der Waals surface area contributed by atoms with E-state index in [4.69, 9.17) is 14.2 Å². The lowest BCUT2D eigenvalue weighted by molar-refractivity contribution is -0.136. The third-order valence-electron chi connectivity index (χ3n) is 3.91. The van der Waals surface area contributed by atoms with Crippen molar-refractivity contribution in [1.82, 2.24) is 5.32 Å². The first-order chi connectivity index (χ1) is 11.1. The fraction of sp³-hybridized carbons (Fsp3) is 0.467. The van der Waals surface area contributed by atoms with Crippen molar-refractivity contribution < 1.29 is 23.8 Å². The van der Waals surface area contributed by atoms with E-state index in [-0.39, 0.29) is 12.4 Å². The van der Waals surface area contributed by atoms with Crippen LogP contribution in [0.4, 0.5) is 5.69 Å². The Labute approximate surface area is 138 Å². The maximum absolute atomic E-state index is 12.0. The van der Waals surface area contributed by atoms with E-state index >= 15 is 0 Å². The molecule has 23 heavy (non-hydrogen) atoms. The van der Waals surface area contributed by atoms with Gasteiger partial charge in [-0.25, -0.2) is 0 Å². The predicted molar refractivity (Wildman–Crippen MR) is 85.9 cm³/mol. The summed E-state index contributed by atoms with van der Waals surface area (Å²) in [6.07, 6.45) is 0.859. The Hall–Kier alpha value is -1.93. The van der Waals surface area contributed by atoms with Crippen LogP contribution in [0.3, 0.4) is 0 Å². The first-order valence-corrected chi connectivity index (χ1v) is 8.39. The number of thioether (sulfide) groups is 1. The van der Waals surface area contributed by atoms with E-state index in [2.05, 4.69) is 10.6 Å². The van der Waals surface area contributed by atoms with Crippen LogP contribution in [0.15, 0.2) is 18.2 Å². The van der Waals surface area contributed by atoms with Gasteiger partial charge in [-0.1, -0.05) is 0 Å². The highest BCUT2D eigenvalue weighted by Gasteiger charge is 2.35. The summed E-state index contributed by atoms with van der Waals surface area (Å²) < 4.78 is 15.9. The number of hydrogen-bond donors (Lipinski definition) is 2. The number of anilines is 1. The van der Waals surface area contributed by atoms with Gasteiger partial charge in [-0.3, -0.25) is 9.59 Å². The number of nitrogens with one attached hydrogen (secondary N) is 2. The van der Waals surface area contributed by atoms with Crippen molar-refractivity contribution in [1.29, 1.82) is 0 Å². The number of fused-ring (bicyclic) bond motifs is 1. The van der Waals surface area contributed by atoms with Crippen molar-refractivity contribution in [3.8, 4) is 11.5 Å². The van der Waals surface area contributed by atoms with Gasteiger partial charge < -0.3 is 24.8 Å². The number of benzene rings is 1. The first kappa shape index (κ1) is 15.9. The molecule has 2 N–H and O–H groups in total. The molecule has 1 fully saturated rings. The highest BCUT2D eigenvalue weighted by atomic mass is 32.2. The van der Waals surface area contributed by atoms with E-state index in [0.29, 0.717) is 23.7 Å². The molecule has 2 aliphatic heterocycles. The third-order valence-corrected chi connectivity index (χ3v) is 5.13. The molecule has 2 aliphatic rings. The molecule has 2 amide bonds. The summed E-state index contributed by atoms with van der Waals surface area (Å²) >= 11 is 1.78. The number of ether oxygens (including phenoxy) is 3. The van der Waals surface area contributed by atoms with E-state index in [1.165, 1.54) is 0 Å². The molecule has 3 rings (SSSR count). The minimum absolute atomic E-state index is 0.157. The fourth-order valence-corrected chi connectivity index (χ4v) is 3.84. The molecule has 124 valence electrons. The van der Waals surface area contributed by atoms with Crippen LogP contribution in [0, 0.1) is 0 Å². The third kappa shape index (κ3) is 3.53. The molecule has 0 unspecified atom stereocenters. The second kappa shape index (κ2) is 6.67. The van der Waals surface area contributed by atoms with Gasteiger partial charge in [0.25, 0.3) is 0 Å². The van der Waals surface area contributed by atoms with Crippen LogP contribution in [0.5, 0.6) is 11.5 Å². The van der Waals surface area contributed by atoms with Crippen LogP contribution in [0.1, 0.15) is 6.42 Å². The Kier molecular flexibility index (Phi) is 4.63. The van der Waals surface area contributed by atoms with E-state index in [1.807, 2.05) is 0 Å². The standard InChI is InChI=1S/C15H18N2O5S/c1-20-15(4-5-23-8-15)7-16-13(18)14(19)17-10-2-3-11-12(6-10)22-9-21-11/h2-3,6H,4-5,7-9H2,1H3,(H,16,18)(H,17,19)/t15-/m0/s1. The van der Waals surface area contributed by atoms with Crippen molar-refractivity contribution in [2.24, 2.45) is 0 Å². The minimum atomic E-state index is -0.722. The Bertz CT molecular complexity index is 616. The molecule has 0 radical (unpaired) electrons. The maximum atomic E-state index is 12.0. The van der Waals surface area contributed by atoms with Gasteiger partial charge in [0.1, 0.15) is 0 Å². The summed E-state index contributed by atoms with van der Waals surface area (Å²) in [5.41, 5.74) is 0.103. The van der Waals surface area contributed by atoms with Gasteiger partial charge in [0.2, 0.25) is 6.79 Å². The number of carbonyl (C=O) groups is 2. The monoisotopic (exact) mass is 338 g/mol. The zero-order valence-electron chi connectivity index (χ0n) is 12.7. The van der Waals surface area contributed by atoms with E-state index in [9.17, 15) is 9.59 Å². The lowest BCUT2D eigenvalue weighted by Gasteiger charge is -2.26. The summed E-state index contributed by atoms with van der Waals surface area (Å²) in [6, 6.07) is 4.96. The van der Waals surface area contributed by atoms with Gasteiger partial charge >= 0.3 is 11.8 Å². The van der Waals surface area contributed by atoms with Gasteiger partial charge in [0.15, 0.2) is 11.5 Å². The van der Waals surface area contributed by atoms with Gasteiger partial charge in [0, 0.05) is 31.2 Å². The summed E-state index contributed by atoms with van der Waals surface area (Å²) in [6.45, 7) is 0.480. The molecular formula is C15H18N2O5S. The number of hydrogen-bond acceptors (Lipinski definition) is 6. The normalized spacial score (nSPS) is 22.0. The van der Waals surface area contributed by atoms with Crippen molar-refractivity contribution in [2.45, 2.75) is 12.0 Å². The molecule has 1 aromatic carbocycles. The summed E-state index contributed by atoms with van der Waals surface area (Å²) in [5, 5.41) is 5.19. The molecule has 1 atom stereocenters. The molecule has 0 aromatic heterocycles. The molecule has 7 nitrogen and oxygen atoms in total. The van der Waals surface area contributed by atoms with Crippen molar-refractivity contribution in [3.05, 3.63) is 18.2 Å². The van der Waals surface area contributed by atoms with Crippen molar-refractivity contribution in [2.75, 3.05) is 37.3 Å². The van der Waals surface area contributed by atoms with E-state index in [0.717, 1.165) is 17.9 Å². The highest BCUT2D eigenvalue weighted by molar-refractivity contribution is 7.99. The van der Waals surface area contributed by atoms with E-state index in [1.54, 1.807) is 37.1 Å². The zero-order valence-corrected chi connectivity index (χ0v) is 13.5. The van der Waals surface area contributed by atoms with Gasteiger partial charge in [0.05, 0.1) is 5.60 Å². The second-order valence-corrected chi connectivity index (χ2v) is 6.50. The van der Waals surface area contributed by atoms with Crippen LogP contribution in [-0.2, 0) is 14.3 Å². The van der Waals surface area contributed by atoms with Crippen LogP contribution >= 0.6 is 11.8 Å². The largest absolute Gasteiger partial charge is 0.454 e. The number of amides is 2. The van der Waals surface area contributed by atoms with Gasteiger partial charge in [-0.2, -0.15) is 11.8 Å². The predicted octanol–water partition coefficient (Wildman–Crippen LogP) is 0.992. The summed E-state index contributed by atoms with van der Waals surface area (Å²) in [4.78, 5) is 23.9. The molecule has 0 aliphatic carbocycles. The molecule has 0 bridgehead atoms. The summed E-state index contributed by atoms with van der Waals surface area (Å²) in [7, 11) is 1.63. The van der Waals surface area contributed by atoms with Crippen LogP contribution in [-0.4, -0.2) is 49.4 Å². The Morgan fingerprint density at radius 2 is 2.13 bits per heavy atom. The smallest absolute Gasteiger partial charge is 0.313 e. The average molecular weight is 338 g/mol. The van der Waals surface area contributed by atoms with Crippen LogP contribution in [0.2, 0.25) is 0 Å².